The van der Waals surface area contributed by atoms with Crippen LogP contribution in [0, 0.1) is 11.5 Å². The van der Waals surface area contributed by atoms with Crippen LogP contribution in [0.15, 0.2) is 70.9 Å². The van der Waals surface area contributed by atoms with Crippen LogP contribution in [0.4, 0.5) is 0 Å². The number of hydrogen-bond acceptors (Lipinski definition) is 6. The highest BCUT2D eigenvalue weighted by Gasteiger charge is 2.33. The first-order valence-electron chi connectivity index (χ1n) is 11.2. The third kappa shape index (κ3) is 4.87. The lowest BCUT2D eigenvalue weighted by Gasteiger charge is -2.40. The fraction of sp³-hybridized carbons (Fsp3) is 0.280. The number of pyridine rings is 2. The molecule has 9 heteroatoms. The molecule has 4 heterocycles. The molecule has 0 saturated carbocycles. The fourth-order valence-corrected chi connectivity index (χ4v) is 5.81. The second kappa shape index (κ2) is 10.4. The summed E-state index contributed by atoms with van der Waals surface area (Å²) in [5.41, 5.74) is 4.69. The Morgan fingerprint density at radius 2 is 1.97 bits per heavy atom. The smallest absolute Gasteiger partial charge is 0.207 e. The number of hydrogen-bond donors (Lipinski definition) is 1. The zero-order valence-corrected chi connectivity index (χ0v) is 20.1. The molecule has 0 spiro atoms. The van der Waals surface area contributed by atoms with Crippen molar-refractivity contribution in [2.45, 2.75) is 23.2 Å². The molecule has 5 rings (SSSR count). The Bertz CT molecular complexity index is 1220. The summed E-state index contributed by atoms with van der Waals surface area (Å²) in [5, 5.41) is 12.8. The molecule has 1 saturated heterocycles. The number of fused-ring (bicyclic) bond motifs is 2. The van der Waals surface area contributed by atoms with Gasteiger partial charge >= 0.3 is 0 Å². The van der Waals surface area contributed by atoms with Crippen LogP contribution >= 0.6 is 23.4 Å². The third-order valence-corrected chi connectivity index (χ3v) is 7.50. The number of aliphatic imine (C=N–C) groups is 1. The van der Waals surface area contributed by atoms with Gasteiger partial charge in [0.15, 0.2) is 6.19 Å². The van der Waals surface area contributed by atoms with E-state index in [9.17, 15) is 5.26 Å². The lowest BCUT2D eigenvalue weighted by atomic mass is 9.97. The van der Waals surface area contributed by atoms with Crippen LogP contribution in [0.2, 0.25) is 5.02 Å². The summed E-state index contributed by atoms with van der Waals surface area (Å²) in [6, 6.07) is 14.3. The summed E-state index contributed by atoms with van der Waals surface area (Å²) in [5.74, 6) is 1.49. The predicted molar refractivity (Wildman–Crippen MR) is 134 cm³/mol. The zero-order valence-electron chi connectivity index (χ0n) is 18.6. The molecule has 7 nitrogen and oxygen atoms in total. The summed E-state index contributed by atoms with van der Waals surface area (Å²) in [7, 11) is 0. The van der Waals surface area contributed by atoms with Crippen molar-refractivity contribution in [1.29, 1.82) is 5.26 Å². The van der Waals surface area contributed by atoms with Crippen molar-refractivity contribution in [3.8, 4) is 6.19 Å². The molecule has 1 N–H and O–H groups in total. The molecule has 2 aliphatic heterocycles. The molecule has 1 fully saturated rings. The lowest BCUT2D eigenvalue weighted by Crippen LogP contribution is -2.52. The first-order valence-corrected chi connectivity index (χ1v) is 12.5. The van der Waals surface area contributed by atoms with Gasteiger partial charge in [0.25, 0.3) is 0 Å². The van der Waals surface area contributed by atoms with Crippen LogP contribution in [0.1, 0.15) is 28.4 Å². The van der Waals surface area contributed by atoms with E-state index in [1.807, 2.05) is 48.4 Å². The van der Waals surface area contributed by atoms with Gasteiger partial charge in [0, 0.05) is 60.4 Å². The molecule has 0 radical (unpaired) electrons. The van der Waals surface area contributed by atoms with Crippen LogP contribution in [0.25, 0.3) is 0 Å². The van der Waals surface area contributed by atoms with Gasteiger partial charge < -0.3 is 4.90 Å². The Kier molecular flexibility index (Phi) is 6.95. The summed E-state index contributed by atoms with van der Waals surface area (Å²) in [4.78, 5) is 19.4. The van der Waals surface area contributed by atoms with Crippen LogP contribution < -0.4 is 5.32 Å². The number of nitriles is 1. The molecule has 1 unspecified atom stereocenters. The van der Waals surface area contributed by atoms with Gasteiger partial charge in [0.05, 0.1) is 18.3 Å². The largest absolute Gasteiger partial charge is 0.340 e. The van der Waals surface area contributed by atoms with E-state index in [1.54, 1.807) is 12.4 Å². The van der Waals surface area contributed by atoms with Crippen LogP contribution in [-0.2, 0) is 12.3 Å². The minimum absolute atomic E-state index is 0.0711. The van der Waals surface area contributed by atoms with E-state index in [0.717, 1.165) is 48.2 Å². The normalized spacial score (nSPS) is 18.4. The summed E-state index contributed by atoms with van der Waals surface area (Å²) < 4.78 is 0. The van der Waals surface area contributed by atoms with E-state index in [-0.39, 0.29) is 6.04 Å². The summed E-state index contributed by atoms with van der Waals surface area (Å²) in [6.45, 7) is 3.68. The SMILES string of the molecule is N#CN/C(=N\Cc1ccncc1)N1CCN(C2c3ccc(Cl)cc3SCc3cccnc32)CC1. The van der Waals surface area contributed by atoms with Crippen molar-refractivity contribution in [3.05, 3.63) is 88.5 Å². The number of nitrogens with zero attached hydrogens (tertiary/aromatic N) is 6. The highest BCUT2D eigenvalue weighted by atomic mass is 35.5. The Balaban J connectivity index is 1.37. The number of rotatable bonds is 3. The van der Waals surface area contributed by atoms with E-state index in [1.165, 1.54) is 16.0 Å². The van der Waals surface area contributed by atoms with Crippen LogP contribution in [0.5, 0.6) is 0 Å². The molecule has 0 bridgehead atoms. The van der Waals surface area contributed by atoms with Crippen molar-refractivity contribution in [2.24, 2.45) is 4.99 Å². The molecule has 172 valence electrons. The van der Waals surface area contributed by atoms with Crippen molar-refractivity contribution in [2.75, 3.05) is 26.2 Å². The molecular weight excluding hydrogens is 466 g/mol. The first-order chi connectivity index (χ1) is 16.7. The number of thioether (sulfide) groups is 1. The van der Waals surface area contributed by atoms with Gasteiger partial charge in [-0.1, -0.05) is 23.7 Å². The van der Waals surface area contributed by atoms with Crippen molar-refractivity contribution in [1.82, 2.24) is 25.1 Å². The number of benzene rings is 1. The van der Waals surface area contributed by atoms with Crippen LogP contribution in [0.3, 0.4) is 0 Å². The quantitative estimate of drug-likeness (QED) is 0.257. The Labute approximate surface area is 208 Å². The van der Waals surface area contributed by atoms with E-state index in [2.05, 4.69) is 43.3 Å². The molecule has 34 heavy (non-hydrogen) atoms. The highest BCUT2D eigenvalue weighted by molar-refractivity contribution is 7.98. The van der Waals surface area contributed by atoms with Gasteiger partial charge in [0.1, 0.15) is 0 Å². The fourth-order valence-electron chi connectivity index (χ4n) is 4.47. The maximum absolute atomic E-state index is 9.28. The minimum Gasteiger partial charge on any atom is -0.340 e. The molecule has 2 aliphatic rings. The summed E-state index contributed by atoms with van der Waals surface area (Å²) in [6.07, 6.45) is 7.43. The minimum atomic E-state index is 0.0711. The molecule has 1 aromatic carbocycles. The maximum Gasteiger partial charge on any atom is 0.207 e. The second-order valence-corrected chi connectivity index (χ2v) is 9.63. The van der Waals surface area contributed by atoms with E-state index >= 15 is 0 Å². The second-order valence-electron chi connectivity index (χ2n) is 8.18. The van der Waals surface area contributed by atoms with Gasteiger partial charge in [0.2, 0.25) is 5.96 Å². The van der Waals surface area contributed by atoms with Crippen LogP contribution in [-0.4, -0.2) is 51.9 Å². The lowest BCUT2D eigenvalue weighted by molar-refractivity contribution is 0.145. The molecule has 1 atom stereocenters. The average molecular weight is 490 g/mol. The zero-order chi connectivity index (χ0) is 23.3. The van der Waals surface area contributed by atoms with Gasteiger partial charge in [-0.25, -0.2) is 4.99 Å². The number of aromatic nitrogens is 2. The Morgan fingerprint density at radius 3 is 2.76 bits per heavy atom. The van der Waals surface area contributed by atoms with Gasteiger partial charge in [-0.15, -0.1) is 11.8 Å². The van der Waals surface area contributed by atoms with E-state index < -0.39 is 0 Å². The maximum atomic E-state index is 9.28. The Morgan fingerprint density at radius 1 is 1.15 bits per heavy atom. The summed E-state index contributed by atoms with van der Waals surface area (Å²) >= 11 is 8.15. The van der Waals surface area contributed by atoms with Crippen molar-refractivity contribution in [3.63, 3.8) is 0 Å². The Hall–Kier alpha value is -3.12. The van der Waals surface area contributed by atoms with E-state index in [4.69, 9.17) is 16.6 Å². The first kappa shape index (κ1) is 22.7. The van der Waals surface area contributed by atoms with Gasteiger partial charge in [-0.05, 0) is 47.0 Å². The highest BCUT2D eigenvalue weighted by Crippen LogP contribution is 2.42. The average Bonchev–Trinajstić information content (AvgIpc) is 3.04. The molecule has 0 aliphatic carbocycles. The molecule has 0 amide bonds. The number of halogens is 1. The third-order valence-electron chi connectivity index (χ3n) is 6.15. The monoisotopic (exact) mass is 489 g/mol. The molecule has 2 aromatic heterocycles. The number of piperazine rings is 1. The number of guanidine groups is 1. The van der Waals surface area contributed by atoms with Crippen molar-refractivity contribution >= 4 is 29.3 Å². The van der Waals surface area contributed by atoms with Gasteiger partial charge in [-0.2, -0.15) is 5.26 Å². The van der Waals surface area contributed by atoms with Gasteiger partial charge in [-0.3, -0.25) is 20.2 Å². The topological polar surface area (TPSA) is 80.4 Å². The number of nitrogens with one attached hydrogen (secondary N) is 1. The predicted octanol–water partition coefficient (Wildman–Crippen LogP) is 4.07. The molecule has 3 aromatic rings. The van der Waals surface area contributed by atoms with E-state index in [0.29, 0.717) is 12.5 Å². The van der Waals surface area contributed by atoms with Crippen molar-refractivity contribution < 1.29 is 0 Å². The standard InChI is InChI=1S/C25H24ClN7S/c26-20-3-4-21-22(14-20)34-16-19-2-1-7-29-23(19)24(21)32-10-12-33(13-11-32)25(31-17-27)30-15-18-5-8-28-9-6-18/h1-9,14,24H,10-13,15-16H2,(H,30,31). The molecular formula is C25H24ClN7S.